The van der Waals surface area contributed by atoms with Crippen molar-refractivity contribution in [3.05, 3.63) is 89.4 Å². The Morgan fingerprint density at radius 1 is 0.951 bits per heavy atom. The standard InChI is InChI=1S/C33H33ClN4O3/c1-4-18-41-25-15-12-23(13-16-25)32-27(20-31(40)37(5-2)6-3)33-35-28(22-10-8-7-9-11-22)21-29(38(33)36-32)26-19-24(34)14-17-30(26)39/h7-17,19,21,39H,4-6,18,20H2,1-3H3. The second kappa shape index (κ2) is 12.4. The van der Waals surface area contributed by atoms with Gasteiger partial charge in [-0.25, -0.2) is 9.50 Å². The maximum atomic E-state index is 13.5. The Balaban J connectivity index is 1.78. The smallest absolute Gasteiger partial charge is 0.227 e. The van der Waals surface area contributed by atoms with Gasteiger partial charge in [-0.05, 0) is 68.8 Å². The minimum absolute atomic E-state index is 0.00637. The van der Waals surface area contributed by atoms with Crippen molar-refractivity contribution in [1.82, 2.24) is 19.5 Å². The lowest BCUT2D eigenvalue weighted by molar-refractivity contribution is -0.130. The van der Waals surface area contributed by atoms with Gasteiger partial charge in [0.05, 0.1) is 30.1 Å². The summed E-state index contributed by atoms with van der Waals surface area (Å²) in [5, 5.41) is 16.4. The van der Waals surface area contributed by atoms with E-state index in [2.05, 4.69) is 6.92 Å². The van der Waals surface area contributed by atoms with Crippen molar-refractivity contribution in [2.75, 3.05) is 19.7 Å². The normalized spacial score (nSPS) is 11.1. The summed E-state index contributed by atoms with van der Waals surface area (Å²) in [6, 6.07) is 24.3. The average molecular weight is 569 g/mol. The molecule has 2 aromatic heterocycles. The molecule has 0 atom stereocenters. The lowest BCUT2D eigenvalue weighted by Gasteiger charge is -2.18. The van der Waals surface area contributed by atoms with E-state index >= 15 is 0 Å². The largest absolute Gasteiger partial charge is 0.507 e. The van der Waals surface area contributed by atoms with Crippen molar-refractivity contribution in [3.8, 4) is 45.3 Å². The van der Waals surface area contributed by atoms with Gasteiger partial charge in [-0.3, -0.25) is 4.79 Å². The summed E-state index contributed by atoms with van der Waals surface area (Å²) in [4.78, 5) is 20.3. The van der Waals surface area contributed by atoms with Crippen LogP contribution < -0.4 is 4.74 Å². The van der Waals surface area contributed by atoms with E-state index in [1.807, 2.05) is 74.5 Å². The summed E-state index contributed by atoms with van der Waals surface area (Å²) in [6.45, 7) is 7.86. The van der Waals surface area contributed by atoms with Crippen LogP contribution in [0.15, 0.2) is 78.9 Å². The number of aromatic nitrogens is 3. The quantitative estimate of drug-likeness (QED) is 0.191. The number of nitrogens with zero attached hydrogens (tertiary/aromatic N) is 4. The van der Waals surface area contributed by atoms with Gasteiger partial charge in [-0.2, -0.15) is 5.10 Å². The topological polar surface area (TPSA) is 80.0 Å². The van der Waals surface area contributed by atoms with Crippen LogP contribution in [0.2, 0.25) is 5.02 Å². The zero-order valence-electron chi connectivity index (χ0n) is 23.5. The number of carbonyl (C=O) groups excluding carboxylic acids is 1. The van der Waals surface area contributed by atoms with Gasteiger partial charge in [0.1, 0.15) is 11.5 Å². The molecular weight excluding hydrogens is 536 g/mol. The number of benzene rings is 3. The molecule has 0 fully saturated rings. The van der Waals surface area contributed by atoms with E-state index in [1.165, 1.54) is 0 Å². The van der Waals surface area contributed by atoms with Crippen LogP contribution in [0.5, 0.6) is 11.5 Å². The van der Waals surface area contributed by atoms with Gasteiger partial charge in [0.25, 0.3) is 0 Å². The second-order valence-corrected chi connectivity index (χ2v) is 10.2. The number of phenols is 1. The summed E-state index contributed by atoms with van der Waals surface area (Å²) in [5.41, 5.74) is 5.46. The predicted molar refractivity (Wildman–Crippen MR) is 163 cm³/mol. The van der Waals surface area contributed by atoms with E-state index in [9.17, 15) is 9.90 Å². The molecule has 8 heteroatoms. The molecule has 3 aromatic carbocycles. The summed E-state index contributed by atoms with van der Waals surface area (Å²) < 4.78 is 7.50. The Labute approximate surface area is 245 Å². The first-order valence-electron chi connectivity index (χ1n) is 13.9. The summed E-state index contributed by atoms with van der Waals surface area (Å²) in [7, 11) is 0. The molecule has 1 amide bonds. The third kappa shape index (κ3) is 5.91. The third-order valence-corrected chi connectivity index (χ3v) is 7.27. The number of likely N-dealkylation sites (N-methyl/N-ethyl adjacent to an activating group) is 1. The number of rotatable bonds is 10. The predicted octanol–water partition coefficient (Wildman–Crippen LogP) is 7.29. The lowest BCUT2D eigenvalue weighted by atomic mass is 10.0. The fourth-order valence-electron chi connectivity index (χ4n) is 4.89. The number of ether oxygens (including phenoxy) is 1. The Kier molecular flexibility index (Phi) is 8.55. The van der Waals surface area contributed by atoms with Crippen molar-refractivity contribution >= 4 is 23.2 Å². The van der Waals surface area contributed by atoms with Crippen LogP contribution in [0, 0.1) is 0 Å². The van der Waals surface area contributed by atoms with Crippen LogP contribution in [0.1, 0.15) is 32.8 Å². The number of phenolic OH excluding ortho intramolecular Hbond substituents is 1. The maximum Gasteiger partial charge on any atom is 0.227 e. The number of halogens is 1. The molecule has 41 heavy (non-hydrogen) atoms. The van der Waals surface area contributed by atoms with Crippen LogP contribution >= 0.6 is 11.6 Å². The Bertz CT molecular complexity index is 1660. The molecule has 0 unspecified atom stereocenters. The first-order chi connectivity index (χ1) is 19.9. The molecule has 0 aliphatic carbocycles. The molecule has 0 aliphatic heterocycles. The van der Waals surface area contributed by atoms with Crippen LogP contribution in [0.4, 0.5) is 0 Å². The average Bonchev–Trinajstić information content (AvgIpc) is 3.36. The Morgan fingerprint density at radius 3 is 2.37 bits per heavy atom. The molecule has 0 radical (unpaired) electrons. The minimum Gasteiger partial charge on any atom is -0.507 e. The van der Waals surface area contributed by atoms with Gasteiger partial charge >= 0.3 is 0 Å². The van der Waals surface area contributed by atoms with Crippen LogP contribution in [0.3, 0.4) is 0 Å². The lowest BCUT2D eigenvalue weighted by Crippen LogP contribution is -2.31. The molecule has 0 aliphatic rings. The molecule has 5 rings (SSSR count). The number of hydrogen-bond donors (Lipinski definition) is 1. The van der Waals surface area contributed by atoms with Crippen molar-refractivity contribution in [2.24, 2.45) is 0 Å². The Morgan fingerprint density at radius 2 is 1.68 bits per heavy atom. The van der Waals surface area contributed by atoms with E-state index < -0.39 is 0 Å². The Hall–Kier alpha value is -4.36. The van der Waals surface area contributed by atoms with Gasteiger partial charge in [0.15, 0.2) is 5.65 Å². The van der Waals surface area contributed by atoms with Gasteiger partial charge in [0.2, 0.25) is 5.91 Å². The number of aromatic hydroxyl groups is 1. The summed E-state index contributed by atoms with van der Waals surface area (Å²) in [5.74, 6) is 0.832. The first kappa shape index (κ1) is 28.2. The maximum absolute atomic E-state index is 13.5. The molecule has 5 aromatic rings. The fraction of sp³-hybridized carbons (Fsp3) is 0.242. The summed E-state index contributed by atoms with van der Waals surface area (Å²) in [6.07, 6.45) is 1.04. The molecule has 1 N–H and O–H groups in total. The molecule has 210 valence electrons. The van der Waals surface area contributed by atoms with E-state index in [1.54, 1.807) is 27.6 Å². The number of amides is 1. The van der Waals surface area contributed by atoms with Gasteiger partial charge in [-0.15, -0.1) is 0 Å². The highest BCUT2D eigenvalue weighted by atomic mass is 35.5. The zero-order chi connectivity index (χ0) is 28.9. The van der Waals surface area contributed by atoms with Crippen molar-refractivity contribution < 1.29 is 14.6 Å². The van der Waals surface area contributed by atoms with Gasteiger partial charge in [0, 0.05) is 40.4 Å². The minimum atomic E-state index is -0.00637. The van der Waals surface area contributed by atoms with Gasteiger partial charge < -0.3 is 14.7 Å². The van der Waals surface area contributed by atoms with Crippen molar-refractivity contribution in [1.29, 1.82) is 0 Å². The SMILES string of the molecule is CCCOc1ccc(-c2nn3c(-c4cc(Cl)ccc4O)cc(-c4ccccc4)nc3c2CC(=O)N(CC)CC)cc1. The second-order valence-electron chi connectivity index (χ2n) is 9.73. The van der Waals surface area contributed by atoms with Crippen molar-refractivity contribution in [2.45, 2.75) is 33.6 Å². The van der Waals surface area contributed by atoms with E-state index in [-0.39, 0.29) is 18.1 Å². The highest BCUT2D eigenvalue weighted by Gasteiger charge is 2.24. The monoisotopic (exact) mass is 568 g/mol. The zero-order valence-corrected chi connectivity index (χ0v) is 24.2. The van der Waals surface area contributed by atoms with Crippen LogP contribution in [-0.4, -0.2) is 50.2 Å². The van der Waals surface area contributed by atoms with E-state index in [0.29, 0.717) is 58.6 Å². The molecular formula is C33H33ClN4O3. The highest BCUT2D eigenvalue weighted by molar-refractivity contribution is 6.31. The van der Waals surface area contributed by atoms with Crippen LogP contribution in [-0.2, 0) is 11.2 Å². The highest BCUT2D eigenvalue weighted by Crippen LogP contribution is 2.37. The molecule has 7 nitrogen and oxygen atoms in total. The molecule has 0 spiro atoms. The molecule has 0 bridgehead atoms. The fourth-order valence-corrected chi connectivity index (χ4v) is 5.06. The van der Waals surface area contributed by atoms with Crippen LogP contribution in [0.25, 0.3) is 39.4 Å². The number of carbonyl (C=O) groups is 1. The molecule has 0 saturated heterocycles. The number of fused-ring (bicyclic) bond motifs is 1. The number of hydrogen-bond acceptors (Lipinski definition) is 5. The third-order valence-electron chi connectivity index (χ3n) is 7.03. The molecule has 0 saturated carbocycles. The van der Waals surface area contributed by atoms with Gasteiger partial charge in [-0.1, -0.05) is 48.9 Å². The first-order valence-corrected chi connectivity index (χ1v) is 14.3. The summed E-state index contributed by atoms with van der Waals surface area (Å²) >= 11 is 6.38. The van der Waals surface area contributed by atoms with Crippen molar-refractivity contribution in [3.63, 3.8) is 0 Å². The van der Waals surface area contributed by atoms with E-state index in [0.717, 1.165) is 23.3 Å². The van der Waals surface area contributed by atoms with E-state index in [4.69, 9.17) is 26.4 Å². The molecule has 2 heterocycles.